The maximum atomic E-state index is 13.4. The standard InChI is InChI=1S/C27H32ClF3N6O5/c1-15-10-35(11-16(2)36(15)13-20(32)38)14-21-33-24(34-42-21)22-18-4-3-5-19(28)23(18)37(12-17-6-8-40-9-7-17)25(22)41-26(39)27(29,30)31/h3-5,15-17H,6-14H2,1-2H3,(H2,32,38). The lowest BCUT2D eigenvalue weighted by atomic mass is 10.0. The van der Waals surface area contributed by atoms with E-state index in [1.807, 2.05) is 18.7 Å². The van der Waals surface area contributed by atoms with Gasteiger partial charge >= 0.3 is 12.1 Å². The number of halogens is 4. The molecule has 1 aromatic carbocycles. The Kier molecular flexibility index (Phi) is 8.78. The van der Waals surface area contributed by atoms with Crippen LogP contribution in [0.25, 0.3) is 22.3 Å². The molecule has 4 heterocycles. The SMILES string of the molecule is CC1CN(Cc2nc(-c3c(OC(=O)C(F)(F)F)n(CC4CCOCC4)c4c(Cl)cccc34)no2)CC(C)N1CC(N)=O. The first-order valence-corrected chi connectivity index (χ1v) is 14.1. The molecule has 1 amide bonds. The first kappa shape index (κ1) is 30.3. The van der Waals surface area contributed by atoms with Gasteiger partial charge in [0.1, 0.15) is 0 Å². The molecule has 0 bridgehead atoms. The minimum absolute atomic E-state index is 0.0265. The van der Waals surface area contributed by atoms with Crippen LogP contribution in [0.2, 0.25) is 5.02 Å². The van der Waals surface area contributed by atoms with Crippen LogP contribution < -0.4 is 10.5 Å². The number of nitrogens with two attached hydrogens (primary N) is 1. The molecule has 0 radical (unpaired) electrons. The Labute approximate surface area is 244 Å². The van der Waals surface area contributed by atoms with Crippen LogP contribution in [0, 0.1) is 5.92 Å². The van der Waals surface area contributed by atoms with Gasteiger partial charge in [0.05, 0.1) is 29.2 Å². The number of hydrogen-bond donors (Lipinski definition) is 1. The fourth-order valence-corrected chi connectivity index (χ4v) is 6.15. The van der Waals surface area contributed by atoms with Crippen LogP contribution in [0.1, 0.15) is 32.6 Å². The van der Waals surface area contributed by atoms with Gasteiger partial charge in [-0.05, 0) is 38.7 Å². The van der Waals surface area contributed by atoms with Gasteiger partial charge in [-0.3, -0.25) is 14.6 Å². The van der Waals surface area contributed by atoms with E-state index in [1.165, 1.54) is 4.57 Å². The molecule has 2 aromatic heterocycles. The van der Waals surface area contributed by atoms with Crippen molar-refractivity contribution in [1.29, 1.82) is 0 Å². The van der Waals surface area contributed by atoms with Crippen molar-refractivity contribution < 1.29 is 36.8 Å². The molecule has 0 aliphatic carbocycles. The van der Waals surface area contributed by atoms with Gasteiger partial charge in [-0.15, -0.1) is 0 Å². The molecule has 3 aromatic rings. The topological polar surface area (TPSA) is 129 Å². The second-order valence-electron chi connectivity index (χ2n) is 10.9. The zero-order valence-corrected chi connectivity index (χ0v) is 24.0. The third-order valence-corrected chi connectivity index (χ3v) is 8.06. The van der Waals surface area contributed by atoms with Crippen molar-refractivity contribution in [1.82, 2.24) is 24.5 Å². The Bertz CT molecular complexity index is 1440. The Hall–Kier alpha value is -3.20. The first-order chi connectivity index (χ1) is 19.9. The molecule has 2 fully saturated rings. The number of carbonyl (C=O) groups excluding carboxylic acids is 2. The number of nitrogens with zero attached hydrogens (tertiary/aromatic N) is 5. The van der Waals surface area contributed by atoms with Gasteiger partial charge in [-0.2, -0.15) is 18.2 Å². The molecule has 2 aliphatic rings. The number of fused-ring (bicyclic) bond motifs is 1. The minimum atomic E-state index is -5.23. The van der Waals surface area contributed by atoms with Crippen LogP contribution in [0.4, 0.5) is 13.2 Å². The van der Waals surface area contributed by atoms with E-state index in [2.05, 4.69) is 15.0 Å². The molecule has 2 N–H and O–H groups in total. The van der Waals surface area contributed by atoms with Crippen LogP contribution in [0.15, 0.2) is 22.7 Å². The third kappa shape index (κ3) is 6.41. The molecule has 2 aliphatic heterocycles. The third-order valence-electron chi connectivity index (χ3n) is 7.75. The van der Waals surface area contributed by atoms with E-state index in [4.69, 9.17) is 31.3 Å². The zero-order chi connectivity index (χ0) is 30.2. The van der Waals surface area contributed by atoms with E-state index in [9.17, 15) is 22.8 Å². The van der Waals surface area contributed by atoms with Gasteiger partial charge in [0.15, 0.2) is 0 Å². The van der Waals surface area contributed by atoms with E-state index in [0.717, 1.165) is 0 Å². The molecule has 2 atom stereocenters. The number of aromatic nitrogens is 3. The number of carbonyl (C=O) groups is 2. The lowest BCUT2D eigenvalue weighted by Gasteiger charge is -2.43. The highest BCUT2D eigenvalue weighted by Gasteiger charge is 2.43. The van der Waals surface area contributed by atoms with Gasteiger partial charge < -0.3 is 24.3 Å². The molecular formula is C27H32ClF3N6O5. The Morgan fingerprint density at radius 3 is 2.50 bits per heavy atom. The summed E-state index contributed by atoms with van der Waals surface area (Å²) in [5.74, 6) is -2.85. The normalized spacial score (nSPS) is 21.2. The summed E-state index contributed by atoms with van der Waals surface area (Å²) in [4.78, 5) is 32.2. The summed E-state index contributed by atoms with van der Waals surface area (Å²) in [5.41, 5.74) is 5.89. The predicted octanol–water partition coefficient (Wildman–Crippen LogP) is 3.62. The smallest absolute Gasteiger partial charge is 0.402 e. The number of hydrogen-bond acceptors (Lipinski definition) is 9. The fraction of sp³-hybridized carbons (Fsp3) is 0.556. The number of primary amides is 1. The maximum Gasteiger partial charge on any atom is 0.491 e. The van der Waals surface area contributed by atoms with Gasteiger partial charge in [0, 0.05) is 50.3 Å². The number of alkyl halides is 3. The molecule has 228 valence electrons. The maximum absolute atomic E-state index is 13.4. The summed E-state index contributed by atoms with van der Waals surface area (Å²) in [7, 11) is 0. The summed E-state index contributed by atoms with van der Waals surface area (Å²) in [5, 5.41) is 4.78. The van der Waals surface area contributed by atoms with Crippen LogP contribution in [0.3, 0.4) is 0 Å². The number of ether oxygens (including phenoxy) is 2. The van der Waals surface area contributed by atoms with E-state index in [1.54, 1.807) is 18.2 Å². The van der Waals surface area contributed by atoms with Crippen LogP contribution in [-0.4, -0.2) is 87.5 Å². The number of para-hydroxylation sites is 1. The second-order valence-corrected chi connectivity index (χ2v) is 11.3. The van der Waals surface area contributed by atoms with E-state index in [0.29, 0.717) is 50.0 Å². The van der Waals surface area contributed by atoms with Gasteiger partial charge in [-0.25, -0.2) is 4.79 Å². The van der Waals surface area contributed by atoms with Crippen molar-refractivity contribution in [2.45, 2.75) is 58.0 Å². The molecule has 0 saturated carbocycles. The summed E-state index contributed by atoms with van der Waals surface area (Å²) in [6.45, 7) is 6.89. The van der Waals surface area contributed by atoms with Crippen molar-refractivity contribution in [3.05, 3.63) is 29.1 Å². The van der Waals surface area contributed by atoms with Gasteiger partial charge in [-0.1, -0.05) is 28.9 Å². The summed E-state index contributed by atoms with van der Waals surface area (Å²) < 4.78 is 57.7. The average Bonchev–Trinajstić information content (AvgIpc) is 3.49. The lowest BCUT2D eigenvalue weighted by molar-refractivity contribution is -0.190. The summed E-state index contributed by atoms with van der Waals surface area (Å²) in [6.07, 6.45) is -3.86. The first-order valence-electron chi connectivity index (χ1n) is 13.7. The number of benzene rings is 1. The van der Waals surface area contributed by atoms with Crippen molar-refractivity contribution in [2.24, 2.45) is 11.7 Å². The Morgan fingerprint density at radius 2 is 1.86 bits per heavy atom. The van der Waals surface area contributed by atoms with E-state index >= 15 is 0 Å². The fourth-order valence-electron chi connectivity index (χ4n) is 5.87. The van der Waals surface area contributed by atoms with Crippen LogP contribution in [0.5, 0.6) is 5.88 Å². The highest BCUT2D eigenvalue weighted by Crippen LogP contribution is 2.43. The minimum Gasteiger partial charge on any atom is -0.402 e. The largest absolute Gasteiger partial charge is 0.491 e. The molecule has 2 unspecified atom stereocenters. The van der Waals surface area contributed by atoms with Crippen molar-refractivity contribution in [2.75, 3.05) is 32.8 Å². The van der Waals surface area contributed by atoms with E-state index < -0.39 is 18.1 Å². The van der Waals surface area contributed by atoms with Crippen molar-refractivity contribution in [3.8, 4) is 17.3 Å². The number of rotatable bonds is 8. The summed E-state index contributed by atoms with van der Waals surface area (Å²) >= 11 is 6.57. The zero-order valence-electron chi connectivity index (χ0n) is 23.2. The Morgan fingerprint density at radius 1 is 1.17 bits per heavy atom. The molecule has 15 heteroatoms. The predicted molar refractivity (Wildman–Crippen MR) is 146 cm³/mol. The van der Waals surface area contributed by atoms with Gasteiger partial charge in [0.2, 0.25) is 23.5 Å². The monoisotopic (exact) mass is 612 g/mol. The summed E-state index contributed by atoms with van der Waals surface area (Å²) in [6, 6.07) is 4.99. The molecule has 0 spiro atoms. The molecule has 11 nitrogen and oxygen atoms in total. The molecule has 42 heavy (non-hydrogen) atoms. The quantitative estimate of drug-likeness (QED) is 0.379. The molecular weight excluding hydrogens is 581 g/mol. The van der Waals surface area contributed by atoms with Gasteiger partial charge in [0.25, 0.3) is 0 Å². The number of esters is 1. The highest BCUT2D eigenvalue weighted by atomic mass is 35.5. The van der Waals surface area contributed by atoms with Crippen molar-refractivity contribution >= 4 is 34.4 Å². The van der Waals surface area contributed by atoms with Crippen LogP contribution >= 0.6 is 11.6 Å². The van der Waals surface area contributed by atoms with E-state index in [-0.39, 0.29) is 65.8 Å². The number of amides is 1. The lowest BCUT2D eigenvalue weighted by Crippen LogP contribution is -2.58. The second kappa shape index (κ2) is 12.2. The average molecular weight is 613 g/mol. The van der Waals surface area contributed by atoms with Crippen molar-refractivity contribution in [3.63, 3.8) is 0 Å². The number of piperazine rings is 1. The molecule has 2 saturated heterocycles. The molecule has 5 rings (SSSR count). The van der Waals surface area contributed by atoms with Crippen LogP contribution in [-0.2, 0) is 27.4 Å². The highest BCUT2D eigenvalue weighted by molar-refractivity contribution is 6.35. The Balaban J connectivity index is 1.50.